The SMILES string of the molecule is C=C(C)CCC(=O)OCC1(C)Nc2cccc3c(N)ccc(c23)N1. The lowest BCUT2D eigenvalue weighted by Gasteiger charge is -2.38. The Kier molecular flexibility index (Phi) is 4.09. The second-order valence-corrected chi connectivity index (χ2v) is 6.63. The number of benzene rings is 2. The number of ether oxygens (including phenoxy) is 1. The maximum Gasteiger partial charge on any atom is 0.306 e. The predicted molar refractivity (Wildman–Crippen MR) is 99.0 cm³/mol. The third kappa shape index (κ3) is 3.15. The van der Waals surface area contributed by atoms with Crippen LogP contribution in [0.3, 0.4) is 0 Å². The lowest BCUT2D eigenvalue weighted by Crippen LogP contribution is -2.49. The Hall–Kier alpha value is -2.69. The summed E-state index contributed by atoms with van der Waals surface area (Å²) in [4.78, 5) is 11.9. The van der Waals surface area contributed by atoms with Gasteiger partial charge in [0.05, 0.1) is 0 Å². The highest BCUT2D eigenvalue weighted by Gasteiger charge is 2.31. The van der Waals surface area contributed by atoms with Crippen LogP contribution in [0.5, 0.6) is 0 Å². The van der Waals surface area contributed by atoms with Crippen molar-refractivity contribution < 1.29 is 9.53 Å². The summed E-state index contributed by atoms with van der Waals surface area (Å²) >= 11 is 0. The van der Waals surface area contributed by atoms with Crippen LogP contribution in [0, 0.1) is 0 Å². The molecule has 1 heterocycles. The molecule has 3 rings (SSSR count). The minimum Gasteiger partial charge on any atom is -0.461 e. The van der Waals surface area contributed by atoms with Crippen LogP contribution in [-0.2, 0) is 9.53 Å². The summed E-state index contributed by atoms with van der Waals surface area (Å²) in [6, 6.07) is 9.83. The first-order valence-electron chi connectivity index (χ1n) is 8.05. The molecule has 2 aromatic carbocycles. The number of nitrogens with two attached hydrogens (primary N) is 1. The van der Waals surface area contributed by atoms with Crippen molar-refractivity contribution in [1.29, 1.82) is 0 Å². The summed E-state index contributed by atoms with van der Waals surface area (Å²) in [5.74, 6) is -0.218. The van der Waals surface area contributed by atoms with E-state index in [1.807, 2.05) is 44.2 Å². The van der Waals surface area contributed by atoms with Crippen LogP contribution >= 0.6 is 0 Å². The molecule has 1 unspecified atom stereocenters. The van der Waals surface area contributed by atoms with E-state index in [9.17, 15) is 4.79 Å². The molecular formula is C19H23N3O2. The Bertz CT molecular complexity index is 801. The molecular weight excluding hydrogens is 302 g/mol. The molecule has 0 aliphatic carbocycles. The van der Waals surface area contributed by atoms with E-state index in [0.29, 0.717) is 12.8 Å². The quantitative estimate of drug-likeness (QED) is 0.442. The third-order valence-corrected chi connectivity index (χ3v) is 4.17. The topological polar surface area (TPSA) is 76.4 Å². The van der Waals surface area contributed by atoms with Gasteiger partial charge in [0.25, 0.3) is 0 Å². The van der Waals surface area contributed by atoms with Crippen molar-refractivity contribution in [3.05, 3.63) is 42.5 Å². The summed E-state index contributed by atoms with van der Waals surface area (Å²) in [6.45, 7) is 7.90. The monoisotopic (exact) mass is 325 g/mol. The number of nitrogens with one attached hydrogen (secondary N) is 2. The van der Waals surface area contributed by atoms with Gasteiger partial charge in [0.1, 0.15) is 12.3 Å². The van der Waals surface area contributed by atoms with Gasteiger partial charge in [-0.05, 0) is 38.5 Å². The number of carbonyl (C=O) groups excluding carboxylic acids is 1. The molecule has 0 saturated carbocycles. The highest BCUT2D eigenvalue weighted by molar-refractivity contribution is 6.09. The predicted octanol–water partition coefficient (Wildman–Crippen LogP) is 3.88. The zero-order chi connectivity index (χ0) is 17.3. The summed E-state index contributed by atoms with van der Waals surface area (Å²) in [6.07, 6.45) is 1.01. The minimum absolute atomic E-state index is 0.218. The van der Waals surface area contributed by atoms with Gasteiger partial charge in [0, 0.05) is 34.3 Å². The van der Waals surface area contributed by atoms with Gasteiger partial charge in [-0.3, -0.25) is 4.79 Å². The van der Waals surface area contributed by atoms with Crippen molar-refractivity contribution in [2.45, 2.75) is 32.4 Å². The largest absolute Gasteiger partial charge is 0.461 e. The average Bonchev–Trinajstić information content (AvgIpc) is 2.54. The van der Waals surface area contributed by atoms with Crippen molar-refractivity contribution in [2.75, 3.05) is 23.0 Å². The number of allylic oxidation sites excluding steroid dienone is 1. The Morgan fingerprint density at radius 2 is 1.92 bits per heavy atom. The van der Waals surface area contributed by atoms with Gasteiger partial charge in [0.2, 0.25) is 0 Å². The molecule has 0 radical (unpaired) electrons. The number of anilines is 3. The van der Waals surface area contributed by atoms with E-state index in [2.05, 4.69) is 17.2 Å². The summed E-state index contributed by atoms with van der Waals surface area (Å²) in [5, 5.41) is 8.91. The standard InChI is InChI=1S/C19H23N3O2/c1-12(2)7-10-17(23)24-11-19(3)21-15-6-4-5-13-14(20)8-9-16(22-19)18(13)15/h4-6,8-9,21-22H,1,7,10-11,20H2,2-3H3. The Morgan fingerprint density at radius 3 is 2.62 bits per heavy atom. The fourth-order valence-corrected chi connectivity index (χ4v) is 2.95. The fraction of sp³-hybridized carbons (Fsp3) is 0.316. The van der Waals surface area contributed by atoms with E-state index in [0.717, 1.165) is 33.4 Å². The summed E-state index contributed by atoms with van der Waals surface area (Å²) in [5.41, 5.74) is 9.17. The number of esters is 1. The van der Waals surface area contributed by atoms with Crippen LogP contribution in [0.1, 0.15) is 26.7 Å². The second-order valence-electron chi connectivity index (χ2n) is 6.63. The molecule has 0 aromatic heterocycles. The van der Waals surface area contributed by atoms with E-state index in [1.165, 1.54) is 0 Å². The van der Waals surface area contributed by atoms with E-state index >= 15 is 0 Å². The first-order valence-corrected chi connectivity index (χ1v) is 8.05. The normalized spacial score (nSPS) is 18.6. The van der Waals surface area contributed by atoms with Crippen molar-refractivity contribution in [3.63, 3.8) is 0 Å². The van der Waals surface area contributed by atoms with Gasteiger partial charge in [-0.2, -0.15) is 0 Å². The van der Waals surface area contributed by atoms with Gasteiger partial charge in [-0.15, -0.1) is 6.58 Å². The zero-order valence-electron chi connectivity index (χ0n) is 14.1. The molecule has 4 N–H and O–H groups in total. The van der Waals surface area contributed by atoms with Gasteiger partial charge in [-0.1, -0.05) is 17.7 Å². The van der Waals surface area contributed by atoms with Crippen molar-refractivity contribution in [2.24, 2.45) is 0 Å². The number of rotatable bonds is 5. The minimum atomic E-state index is -0.573. The van der Waals surface area contributed by atoms with Gasteiger partial charge < -0.3 is 21.1 Å². The molecule has 5 nitrogen and oxygen atoms in total. The molecule has 126 valence electrons. The molecule has 24 heavy (non-hydrogen) atoms. The summed E-state index contributed by atoms with van der Waals surface area (Å²) < 4.78 is 5.44. The summed E-state index contributed by atoms with van der Waals surface area (Å²) in [7, 11) is 0. The zero-order valence-corrected chi connectivity index (χ0v) is 14.1. The van der Waals surface area contributed by atoms with Gasteiger partial charge >= 0.3 is 5.97 Å². The lowest BCUT2D eigenvalue weighted by molar-refractivity contribution is -0.144. The Balaban J connectivity index is 1.76. The molecule has 2 aromatic rings. The molecule has 0 bridgehead atoms. The first-order chi connectivity index (χ1) is 11.4. The molecule has 0 spiro atoms. The average molecular weight is 325 g/mol. The van der Waals surface area contributed by atoms with E-state index in [-0.39, 0.29) is 12.6 Å². The fourth-order valence-electron chi connectivity index (χ4n) is 2.95. The molecule has 0 amide bonds. The molecule has 0 saturated heterocycles. The molecule has 1 aliphatic heterocycles. The van der Waals surface area contributed by atoms with Crippen molar-refractivity contribution >= 4 is 33.8 Å². The number of hydrogen-bond donors (Lipinski definition) is 3. The van der Waals surface area contributed by atoms with Crippen LogP contribution < -0.4 is 16.4 Å². The van der Waals surface area contributed by atoms with E-state index in [4.69, 9.17) is 10.5 Å². The maximum absolute atomic E-state index is 11.9. The maximum atomic E-state index is 11.9. The van der Waals surface area contributed by atoms with E-state index in [1.54, 1.807) is 0 Å². The van der Waals surface area contributed by atoms with Crippen LogP contribution in [0.2, 0.25) is 0 Å². The van der Waals surface area contributed by atoms with Crippen molar-refractivity contribution in [3.8, 4) is 0 Å². The smallest absolute Gasteiger partial charge is 0.306 e. The molecule has 0 fully saturated rings. The Morgan fingerprint density at radius 1 is 1.21 bits per heavy atom. The molecule has 1 aliphatic rings. The highest BCUT2D eigenvalue weighted by atomic mass is 16.5. The third-order valence-electron chi connectivity index (χ3n) is 4.17. The lowest BCUT2D eigenvalue weighted by atomic mass is 9.99. The van der Waals surface area contributed by atoms with Gasteiger partial charge in [-0.25, -0.2) is 0 Å². The first kappa shape index (κ1) is 16.2. The van der Waals surface area contributed by atoms with Crippen LogP contribution in [-0.4, -0.2) is 18.2 Å². The highest BCUT2D eigenvalue weighted by Crippen LogP contribution is 2.39. The van der Waals surface area contributed by atoms with Crippen molar-refractivity contribution in [1.82, 2.24) is 0 Å². The number of hydrogen-bond acceptors (Lipinski definition) is 5. The second kappa shape index (κ2) is 6.07. The number of nitrogen functional groups attached to an aromatic ring is 1. The van der Waals surface area contributed by atoms with E-state index < -0.39 is 5.66 Å². The molecule has 1 atom stereocenters. The Labute approximate surface area is 141 Å². The number of carbonyl (C=O) groups is 1. The molecule has 5 heteroatoms. The van der Waals surface area contributed by atoms with Crippen LogP contribution in [0.25, 0.3) is 10.8 Å². The van der Waals surface area contributed by atoms with Crippen LogP contribution in [0.15, 0.2) is 42.5 Å². The van der Waals surface area contributed by atoms with Gasteiger partial charge in [0.15, 0.2) is 0 Å². The van der Waals surface area contributed by atoms with Crippen LogP contribution in [0.4, 0.5) is 17.1 Å².